The molecule has 0 radical (unpaired) electrons. The Bertz CT molecular complexity index is 1040. The van der Waals surface area contributed by atoms with Crippen LogP contribution in [0.5, 0.6) is 17.2 Å². The van der Waals surface area contributed by atoms with Gasteiger partial charge in [-0.2, -0.15) is 0 Å². The van der Waals surface area contributed by atoms with Gasteiger partial charge in [-0.3, -0.25) is 4.79 Å². The van der Waals surface area contributed by atoms with E-state index in [4.69, 9.17) is 14.2 Å². The van der Waals surface area contributed by atoms with Gasteiger partial charge in [-0.1, -0.05) is 11.8 Å². The minimum absolute atomic E-state index is 0.176. The molecule has 1 aromatic heterocycles. The number of methoxy groups -OCH3 is 3. The van der Waals surface area contributed by atoms with Gasteiger partial charge >= 0.3 is 0 Å². The molecule has 0 fully saturated rings. The first-order chi connectivity index (χ1) is 15.6. The number of benzene rings is 2. The lowest BCUT2D eigenvalue weighted by Crippen LogP contribution is -2.15. The number of nitrogens with one attached hydrogen (secondary N) is 2. The van der Waals surface area contributed by atoms with Gasteiger partial charge in [0.2, 0.25) is 5.91 Å². The fourth-order valence-electron chi connectivity index (χ4n) is 2.99. The summed E-state index contributed by atoms with van der Waals surface area (Å²) in [5.74, 6) is 2.80. The minimum Gasteiger partial charge on any atom is -0.497 e. The van der Waals surface area contributed by atoms with Crippen molar-refractivity contribution >= 4 is 29.0 Å². The highest BCUT2D eigenvalue weighted by atomic mass is 32.2. The fourth-order valence-corrected chi connectivity index (χ4v) is 3.81. The van der Waals surface area contributed by atoms with E-state index in [-0.39, 0.29) is 11.7 Å². The average molecular weight is 458 g/mol. The van der Waals surface area contributed by atoms with E-state index in [9.17, 15) is 4.79 Å². The number of aromatic nitrogens is 3. The normalized spacial score (nSPS) is 10.5. The molecule has 0 atom stereocenters. The molecule has 0 bridgehead atoms. The van der Waals surface area contributed by atoms with Gasteiger partial charge in [-0.15, -0.1) is 10.2 Å². The molecule has 2 N–H and O–H groups in total. The molecule has 1 amide bonds. The Kier molecular flexibility index (Phi) is 8.20. The SMILES string of the molecule is CCn1c(CNc2ccc(OC)cc2)nnc1SCC(=O)Nc1cc(OC)ccc1OC. The Labute approximate surface area is 191 Å². The summed E-state index contributed by atoms with van der Waals surface area (Å²) < 4.78 is 17.7. The highest BCUT2D eigenvalue weighted by molar-refractivity contribution is 7.99. The van der Waals surface area contributed by atoms with E-state index in [1.54, 1.807) is 39.5 Å². The molecule has 3 aromatic rings. The van der Waals surface area contributed by atoms with E-state index in [1.165, 1.54) is 11.8 Å². The van der Waals surface area contributed by atoms with E-state index in [2.05, 4.69) is 20.8 Å². The van der Waals surface area contributed by atoms with Gasteiger partial charge < -0.3 is 29.4 Å². The number of carbonyl (C=O) groups is 1. The van der Waals surface area contributed by atoms with Gasteiger partial charge in [-0.25, -0.2) is 0 Å². The molecule has 32 heavy (non-hydrogen) atoms. The zero-order chi connectivity index (χ0) is 22.9. The monoisotopic (exact) mass is 457 g/mol. The van der Waals surface area contributed by atoms with Crippen molar-refractivity contribution in [3.05, 3.63) is 48.3 Å². The van der Waals surface area contributed by atoms with Crippen molar-refractivity contribution in [2.45, 2.75) is 25.2 Å². The molecule has 1 heterocycles. The maximum Gasteiger partial charge on any atom is 0.234 e. The Hall–Kier alpha value is -3.40. The van der Waals surface area contributed by atoms with Crippen LogP contribution in [-0.2, 0) is 17.9 Å². The summed E-state index contributed by atoms with van der Waals surface area (Å²) in [6.07, 6.45) is 0. The van der Waals surface area contributed by atoms with Crippen LogP contribution in [0.15, 0.2) is 47.6 Å². The Morgan fingerprint density at radius 1 is 1.00 bits per heavy atom. The van der Waals surface area contributed by atoms with Crippen LogP contribution < -0.4 is 24.8 Å². The minimum atomic E-state index is -0.176. The molecular formula is C22H27N5O4S. The third-order valence-corrected chi connectivity index (χ3v) is 5.63. The summed E-state index contributed by atoms with van der Waals surface area (Å²) in [7, 11) is 4.76. The van der Waals surface area contributed by atoms with Crippen LogP contribution >= 0.6 is 11.8 Å². The summed E-state index contributed by atoms with van der Waals surface area (Å²) >= 11 is 1.33. The molecule has 0 aliphatic carbocycles. The van der Waals surface area contributed by atoms with Crippen LogP contribution in [0, 0.1) is 0 Å². The largest absolute Gasteiger partial charge is 0.497 e. The molecule has 10 heteroatoms. The van der Waals surface area contributed by atoms with Crippen LogP contribution in [-0.4, -0.2) is 47.8 Å². The molecule has 0 aliphatic rings. The van der Waals surface area contributed by atoms with Crippen LogP contribution in [0.4, 0.5) is 11.4 Å². The summed E-state index contributed by atoms with van der Waals surface area (Å²) in [6, 6.07) is 12.9. The lowest BCUT2D eigenvalue weighted by Gasteiger charge is -2.12. The van der Waals surface area contributed by atoms with E-state index < -0.39 is 0 Å². The van der Waals surface area contributed by atoms with Crippen molar-refractivity contribution in [1.29, 1.82) is 0 Å². The number of rotatable bonds is 11. The summed E-state index contributed by atoms with van der Waals surface area (Å²) in [5, 5.41) is 15.4. The molecule has 0 unspecified atom stereocenters. The van der Waals surface area contributed by atoms with Crippen molar-refractivity contribution in [2.75, 3.05) is 37.7 Å². The zero-order valence-electron chi connectivity index (χ0n) is 18.5. The zero-order valence-corrected chi connectivity index (χ0v) is 19.4. The lowest BCUT2D eigenvalue weighted by atomic mass is 10.2. The second kappa shape index (κ2) is 11.3. The number of thioether (sulfide) groups is 1. The highest BCUT2D eigenvalue weighted by Crippen LogP contribution is 2.29. The molecular weight excluding hydrogens is 430 g/mol. The molecule has 0 aliphatic heterocycles. The Morgan fingerprint density at radius 2 is 1.72 bits per heavy atom. The van der Waals surface area contributed by atoms with Crippen LogP contribution in [0.2, 0.25) is 0 Å². The maximum absolute atomic E-state index is 12.5. The second-order valence-corrected chi connectivity index (χ2v) is 7.57. The van der Waals surface area contributed by atoms with Crippen molar-refractivity contribution in [3.8, 4) is 17.2 Å². The summed E-state index contributed by atoms with van der Waals surface area (Å²) in [5.41, 5.74) is 1.51. The molecule has 0 saturated heterocycles. The van der Waals surface area contributed by atoms with E-state index in [0.717, 1.165) is 17.3 Å². The Morgan fingerprint density at radius 3 is 2.38 bits per heavy atom. The van der Waals surface area contributed by atoms with Crippen molar-refractivity contribution in [2.24, 2.45) is 0 Å². The topological polar surface area (TPSA) is 99.5 Å². The van der Waals surface area contributed by atoms with Crippen LogP contribution in [0.3, 0.4) is 0 Å². The molecule has 9 nitrogen and oxygen atoms in total. The third-order valence-electron chi connectivity index (χ3n) is 4.66. The second-order valence-electron chi connectivity index (χ2n) is 6.63. The van der Waals surface area contributed by atoms with Crippen molar-refractivity contribution in [3.63, 3.8) is 0 Å². The van der Waals surface area contributed by atoms with Gasteiger partial charge in [0.05, 0.1) is 39.3 Å². The quantitative estimate of drug-likeness (QED) is 0.421. The highest BCUT2D eigenvalue weighted by Gasteiger charge is 2.15. The predicted molar refractivity (Wildman–Crippen MR) is 125 cm³/mol. The van der Waals surface area contributed by atoms with Gasteiger partial charge in [0.15, 0.2) is 11.0 Å². The van der Waals surface area contributed by atoms with Gasteiger partial charge in [0, 0.05) is 18.3 Å². The predicted octanol–water partition coefficient (Wildman–Crippen LogP) is 3.67. The number of nitrogens with zero attached hydrogens (tertiary/aromatic N) is 3. The molecule has 170 valence electrons. The first-order valence-electron chi connectivity index (χ1n) is 10.0. The van der Waals surface area contributed by atoms with E-state index >= 15 is 0 Å². The maximum atomic E-state index is 12.5. The first kappa shape index (κ1) is 23.3. The number of hydrogen-bond donors (Lipinski definition) is 2. The van der Waals surface area contributed by atoms with Gasteiger partial charge in [0.1, 0.15) is 17.2 Å². The molecule has 0 saturated carbocycles. The fraction of sp³-hybridized carbons (Fsp3) is 0.318. The number of anilines is 2. The summed E-state index contributed by atoms with van der Waals surface area (Å²) in [6.45, 7) is 3.23. The number of ether oxygens (including phenoxy) is 3. The molecule has 2 aromatic carbocycles. The number of hydrogen-bond acceptors (Lipinski definition) is 8. The molecule has 3 rings (SSSR count). The smallest absolute Gasteiger partial charge is 0.234 e. The third kappa shape index (κ3) is 5.85. The van der Waals surface area contributed by atoms with E-state index in [0.29, 0.717) is 35.4 Å². The van der Waals surface area contributed by atoms with Crippen LogP contribution in [0.1, 0.15) is 12.7 Å². The van der Waals surface area contributed by atoms with Gasteiger partial charge in [0.25, 0.3) is 0 Å². The van der Waals surface area contributed by atoms with Crippen LogP contribution in [0.25, 0.3) is 0 Å². The van der Waals surface area contributed by atoms with Crippen molar-refractivity contribution < 1.29 is 19.0 Å². The first-order valence-corrected chi connectivity index (χ1v) is 11.0. The summed E-state index contributed by atoms with van der Waals surface area (Å²) in [4.78, 5) is 12.5. The van der Waals surface area contributed by atoms with Crippen molar-refractivity contribution in [1.82, 2.24) is 14.8 Å². The Balaban J connectivity index is 1.59. The number of carbonyl (C=O) groups excluding carboxylic acids is 1. The van der Waals surface area contributed by atoms with E-state index in [1.807, 2.05) is 35.8 Å². The molecule has 0 spiro atoms. The number of amides is 1. The van der Waals surface area contributed by atoms with Gasteiger partial charge in [-0.05, 0) is 43.3 Å². The average Bonchev–Trinajstić information content (AvgIpc) is 3.23. The standard InChI is InChI=1S/C22H27N5O4S/c1-5-27-20(13-23-15-6-8-16(29-2)9-7-15)25-26-22(27)32-14-21(28)24-18-12-17(30-3)10-11-19(18)31-4/h6-12,23H,5,13-14H2,1-4H3,(H,24,28). The lowest BCUT2D eigenvalue weighted by molar-refractivity contribution is -0.113.